The zero-order chi connectivity index (χ0) is 25.1. The van der Waals surface area contributed by atoms with E-state index in [4.69, 9.17) is 4.74 Å². The predicted molar refractivity (Wildman–Crippen MR) is 145 cm³/mol. The summed E-state index contributed by atoms with van der Waals surface area (Å²) in [6.07, 6.45) is 4.98. The summed E-state index contributed by atoms with van der Waals surface area (Å²) in [7, 11) is -0.251. The molecular weight excluding hydrogens is 532 g/mol. The summed E-state index contributed by atoms with van der Waals surface area (Å²) in [5.41, 5.74) is 5.86. The monoisotopic (exact) mass is 572 g/mol. The zero-order valence-electron chi connectivity index (χ0n) is 22.4. The van der Waals surface area contributed by atoms with E-state index in [1.165, 1.54) is 0 Å². The van der Waals surface area contributed by atoms with Gasteiger partial charge in [0.25, 0.3) is 11.8 Å². The maximum absolute atomic E-state index is 13.9. The van der Waals surface area contributed by atoms with Gasteiger partial charge in [0.1, 0.15) is 11.9 Å². The van der Waals surface area contributed by atoms with Gasteiger partial charge < -0.3 is 15.4 Å². The first-order valence-electron chi connectivity index (χ1n) is 12.3. The maximum Gasteiger partial charge on any atom is 0.268 e. The Balaban J connectivity index is 0.00000432. The Labute approximate surface area is 236 Å². The number of anilines is 2. The number of hydrogen-bond donors (Lipinski definition) is 2. The molecule has 2 amide bonds. The number of methoxy groups -OCH3 is 1. The summed E-state index contributed by atoms with van der Waals surface area (Å²) in [5, 5.41) is 6.04. The second-order valence-corrected chi connectivity index (χ2v) is 14.5. The van der Waals surface area contributed by atoms with Crippen LogP contribution in [0.25, 0.3) is 0 Å². The van der Waals surface area contributed by atoms with Gasteiger partial charge in [0.2, 0.25) is 0 Å². The van der Waals surface area contributed by atoms with Crippen LogP contribution in [0.3, 0.4) is 0 Å². The molecule has 0 atom stereocenters. The van der Waals surface area contributed by atoms with Gasteiger partial charge in [-0.1, -0.05) is 18.2 Å². The van der Waals surface area contributed by atoms with Crippen molar-refractivity contribution >= 4 is 30.5 Å². The van der Waals surface area contributed by atoms with Crippen LogP contribution in [0.1, 0.15) is 55.4 Å². The molecule has 3 rings (SSSR count). The van der Waals surface area contributed by atoms with Gasteiger partial charge in [0, 0.05) is 51.3 Å². The molecular formula is C28H40N2O3PY+. The van der Waals surface area contributed by atoms with Crippen LogP contribution in [0.5, 0.6) is 5.75 Å². The number of carbonyl (C=O) groups excluding carboxylic acids is 2. The van der Waals surface area contributed by atoms with Crippen LogP contribution in [0.4, 0.5) is 11.4 Å². The molecule has 1 radical (unpaired) electrons. The third-order valence-electron chi connectivity index (χ3n) is 7.89. The van der Waals surface area contributed by atoms with Crippen LogP contribution >= 0.6 is 7.26 Å². The topological polar surface area (TPSA) is 67.4 Å². The molecule has 1 aliphatic rings. The van der Waals surface area contributed by atoms with Crippen molar-refractivity contribution in [2.75, 3.05) is 36.2 Å². The van der Waals surface area contributed by atoms with Crippen LogP contribution in [0.2, 0.25) is 0 Å². The van der Waals surface area contributed by atoms with E-state index >= 15 is 0 Å². The van der Waals surface area contributed by atoms with E-state index in [9.17, 15) is 9.59 Å². The fourth-order valence-corrected chi connectivity index (χ4v) is 10.4. The molecule has 187 valence electrons. The van der Waals surface area contributed by atoms with Gasteiger partial charge in [0.15, 0.2) is 5.16 Å². The van der Waals surface area contributed by atoms with Gasteiger partial charge >= 0.3 is 0 Å². The van der Waals surface area contributed by atoms with E-state index in [1.54, 1.807) is 7.11 Å². The average Bonchev–Trinajstić information content (AvgIpc) is 2.77. The Morgan fingerprint density at radius 3 is 1.86 bits per heavy atom. The molecule has 0 heterocycles. The standard InChI is InChI=1S/C28H39N2O3P.Y/c1-8-34(9-2,18-24(31)29-25-19(3)12-10-13-20(25)4)28(14-11-15-28)27(32)30-26-21(5)16-23(33-7)17-22(26)6;/h10,12-13,16-17H,8-9,11,14-15,18H2,1-7H3,(H-,29,30,31,32);/p+1. The summed E-state index contributed by atoms with van der Waals surface area (Å²) >= 11 is 0. The van der Waals surface area contributed by atoms with E-state index in [2.05, 4.69) is 24.5 Å². The molecule has 2 N–H and O–H groups in total. The Morgan fingerprint density at radius 2 is 1.43 bits per heavy atom. The van der Waals surface area contributed by atoms with E-state index in [1.807, 2.05) is 58.0 Å². The molecule has 2 aromatic rings. The van der Waals surface area contributed by atoms with Crippen molar-refractivity contribution in [1.29, 1.82) is 0 Å². The van der Waals surface area contributed by atoms with Crippen LogP contribution in [-0.2, 0) is 42.3 Å². The molecule has 0 aliphatic heterocycles. The second-order valence-electron chi connectivity index (χ2n) is 9.73. The number of amides is 2. The van der Waals surface area contributed by atoms with Crippen molar-refractivity contribution in [1.82, 2.24) is 0 Å². The van der Waals surface area contributed by atoms with Crippen molar-refractivity contribution in [3.8, 4) is 5.75 Å². The van der Waals surface area contributed by atoms with Crippen LogP contribution in [-0.4, -0.2) is 42.6 Å². The number of aryl methyl sites for hydroxylation is 4. The molecule has 0 bridgehead atoms. The van der Waals surface area contributed by atoms with Crippen molar-refractivity contribution in [2.45, 2.75) is 66.0 Å². The number of rotatable bonds is 9. The van der Waals surface area contributed by atoms with E-state index in [0.29, 0.717) is 6.16 Å². The van der Waals surface area contributed by atoms with Gasteiger partial charge in [0.05, 0.1) is 19.4 Å². The zero-order valence-corrected chi connectivity index (χ0v) is 26.1. The third-order valence-corrected chi connectivity index (χ3v) is 13.7. The Hall–Kier alpha value is -1.29. The van der Waals surface area contributed by atoms with Crippen molar-refractivity contribution < 1.29 is 47.0 Å². The van der Waals surface area contributed by atoms with Crippen molar-refractivity contribution in [2.24, 2.45) is 0 Å². The Kier molecular flexibility index (Phi) is 10.5. The summed E-state index contributed by atoms with van der Waals surface area (Å²) in [4.78, 5) is 27.3. The molecule has 0 spiro atoms. The minimum absolute atomic E-state index is 0. The molecule has 1 aliphatic carbocycles. The molecule has 0 unspecified atom stereocenters. The van der Waals surface area contributed by atoms with Gasteiger partial charge in [-0.05, 0) is 95.2 Å². The Bertz CT molecular complexity index is 1030. The summed E-state index contributed by atoms with van der Waals surface area (Å²) in [6.45, 7) is 12.4. The number of ether oxygens (including phenoxy) is 1. The van der Waals surface area contributed by atoms with E-state index < -0.39 is 12.4 Å². The molecule has 0 aromatic heterocycles. The molecule has 7 heteroatoms. The largest absolute Gasteiger partial charge is 0.497 e. The van der Waals surface area contributed by atoms with Crippen LogP contribution < -0.4 is 15.4 Å². The minimum atomic E-state index is -1.90. The molecule has 1 saturated carbocycles. The van der Waals surface area contributed by atoms with Crippen molar-refractivity contribution in [3.63, 3.8) is 0 Å². The van der Waals surface area contributed by atoms with Crippen LogP contribution in [0, 0.1) is 27.7 Å². The SMILES string of the molecule is CC[P+](CC)(CC(=O)Nc1c(C)cccc1C)C1(C(=O)Nc2c(C)cc(OC)cc2C)CCC1.[Y]. The van der Waals surface area contributed by atoms with E-state index in [0.717, 1.165) is 71.0 Å². The van der Waals surface area contributed by atoms with Gasteiger partial charge in [-0.3, -0.25) is 9.59 Å². The Morgan fingerprint density at radius 1 is 0.914 bits per heavy atom. The van der Waals surface area contributed by atoms with Crippen LogP contribution in [0.15, 0.2) is 30.3 Å². The normalized spacial score (nSPS) is 14.4. The van der Waals surface area contributed by atoms with E-state index in [-0.39, 0.29) is 44.5 Å². The molecule has 35 heavy (non-hydrogen) atoms. The maximum atomic E-state index is 13.9. The molecule has 2 aromatic carbocycles. The summed E-state index contributed by atoms with van der Waals surface area (Å²) in [6, 6.07) is 9.95. The van der Waals surface area contributed by atoms with Gasteiger partial charge in [-0.2, -0.15) is 0 Å². The fourth-order valence-electron chi connectivity index (χ4n) is 5.57. The number of carbonyl (C=O) groups is 2. The number of para-hydroxylation sites is 1. The number of benzene rings is 2. The number of hydrogen-bond acceptors (Lipinski definition) is 3. The van der Waals surface area contributed by atoms with Gasteiger partial charge in [-0.15, -0.1) is 0 Å². The van der Waals surface area contributed by atoms with Gasteiger partial charge in [-0.25, -0.2) is 0 Å². The summed E-state index contributed by atoms with van der Waals surface area (Å²) < 4.78 is 5.38. The first-order valence-corrected chi connectivity index (χ1v) is 14.7. The minimum Gasteiger partial charge on any atom is -0.497 e. The first-order chi connectivity index (χ1) is 16.1. The second kappa shape index (κ2) is 12.3. The first kappa shape index (κ1) is 29.9. The predicted octanol–water partition coefficient (Wildman–Crippen LogP) is 6.48. The summed E-state index contributed by atoms with van der Waals surface area (Å²) in [5.74, 6) is 0.913. The molecule has 1 fully saturated rings. The molecule has 5 nitrogen and oxygen atoms in total. The smallest absolute Gasteiger partial charge is 0.268 e. The number of nitrogens with one attached hydrogen (secondary N) is 2. The fraction of sp³-hybridized carbons (Fsp3) is 0.500. The quantitative estimate of drug-likeness (QED) is 0.338. The molecule has 0 saturated heterocycles. The van der Waals surface area contributed by atoms with Crippen molar-refractivity contribution in [3.05, 3.63) is 52.6 Å². The third kappa shape index (κ3) is 5.84. The average molecular weight is 573 g/mol.